The third-order valence-electron chi connectivity index (χ3n) is 4.13. The molecular formula is C16H18N2O5S. The van der Waals surface area contributed by atoms with Crippen molar-refractivity contribution in [3.63, 3.8) is 0 Å². The summed E-state index contributed by atoms with van der Waals surface area (Å²) in [7, 11) is -3.66. The van der Waals surface area contributed by atoms with Crippen molar-refractivity contribution in [3.8, 4) is 0 Å². The van der Waals surface area contributed by atoms with E-state index in [1.54, 1.807) is 11.0 Å². The van der Waals surface area contributed by atoms with E-state index in [9.17, 15) is 18.0 Å². The Morgan fingerprint density at radius 1 is 1.08 bits per heavy atom. The molecule has 1 aromatic heterocycles. The first-order chi connectivity index (χ1) is 11.4. The van der Waals surface area contributed by atoms with Crippen LogP contribution in [0.15, 0.2) is 44.4 Å². The third kappa shape index (κ3) is 3.20. The van der Waals surface area contributed by atoms with E-state index in [0.717, 1.165) is 0 Å². The maximum absolute atomic E-state index is 12.9. The zero-order valence-corrected chi connectivity index (χ0v) is 14.1. The Hall–Kier alpha value is -2.19. The van der Waals surface area contributed by atoms with Crippen LogP contribution >= 0.6 is 0 Å². The van der Waals surface area contributed by atoms with Crippen molar-refractivity contribution in [3.05, 3.63) is 40.8 Å². The molecule has 1 fully saturated rings. The van der Waals surface area contributed by atoms with Gasteiger partial charge in [0.25, 0.3) is 0 Å². The Morgan fingerprint density at radius 2 is 1.88 bits per heavy atom. The number of sulfonamides is 1. The number of carbonyl (C=O) groups excluding carboxylic acids is 1. The Balaban J connectivity index is 1.91. The first kappa shape index (κ1) is 16.7. The molecule has 1 aliphatic rings. The quantitative estimate of drug-likeness (QED) is 0.755. The van der Waals surface area contributed by atoms with E-state index in [4.69, 9.17) is 4.42 Å². The first-order valence-corrected chi connectivity index (χ1v) is 9.11. The lowest BCUT2D eigenvalue weighted by atomic mass is 10.2. The van der Waals surface area contributed by atoms with Gasteiger partial charge >= 0.3 is 5.63 Å². The smallest absolute Gasteiger partial charge is 0.336 e. The van der Waals surface area contributed by atoms with E-state index in [0.29, 0.717) is 37.0 Å². The summed E-state index contributed by atoms with van der Waals surface area (Å²) in [4.78, 5) is 24.5. The van der Waals surface area contributed by atoms with E-state index < -0.39 is 15.6 Å². The van der Waals surface area contributed by atoms with Crippen LogP contribution in [0.2, 0.25) is 0 Å². The fourth-order valence-electron chi connectivity index (χ4n) is 2.81. The minimum absolute atomic E-state index is 0.0463. The van der Waals surface area contributed by atoms with E-state index >= 15 is 0 Å². The monoisotopic (exact) mass is 350 g/mol. The van der Waals surface area contributed by atoms with Crippen molar-refractivity contribution >= 4 is 26.9 Å². The molecule has 7 nitrogen and oxygen atoms in total. The summed E-state index contributed by atoms with van der Waals surface area (Å²) in [6.07, 6.45) is 0.598. The lowest BCUT2D eigenvalue weighted by molar-refractivity contribution is -0.128. The van der Waals surface area contributed by atoms with Crippen LogP contribution < -0.4 is 5.63 Å². The molecule has 128 valence electrons. The summed E-state index contributed by atoms with van der Waals surface area (Å²) >= 11 is 0. The maximum Gasteiger partial charge on any atom is 0.336 e. The summed E-state index contributed by atoms with van der Waals surface area (Å²) in [5.74, 6) is -0.0463. The number of carbonyl (C=O) groups is 1. The number of amides is 1. The van der Waals surface area contributed by atoms with Crippen LogP contribution in [-0.4, -0.2) is 49.7 Å². The van der Waals surface area contributed by atoms with Gasteiger partial charge in [0.2, 0.25) is 15.9 Å². The highest BCUT2D eigenvalue weighted by Crippen LogP contribution is 2.22. The second-order valence-electron chi connectivity index (χ2n) is 5.72. The van der Waals surface area contributed by atoms with Gasteiger partial charge < -0.3 is 9.32 Å². The average Bonchev–Trinajstić information content (AvgIpc) is 2.81. The van der Waals surface area contributed by atoms with E-state index in [2.05, 4.69) is 0 Å². The SMILES string of the molecule is CC(=O)N1CCCN(S(=O)(=O)c2ccc3oc(=O)ccc3c2)CC1. The molecule has 8 heteroatoms. The molecule has 3 rings (SSSR count). The Kier molecular flexibility index (Phi) is 4.42. The van der Waals surface area contributed by atoms with Crippen molar-refractivity contribution in [2.45, 2.75) is 18.2 Å². The molecule has 2 aromatic rings. The van der Waals surface area contributed by atoms with Gasteiger partial charge in [0.15, 0.2) is 0 Å². The zero-order valence-electron chi connectivity index (χ0n) is 13.3. The topological polar surface area (TPSA) is 87.9 Å². The third-order valence-corrected chi connectivity index (χ3v) is 6.02. The summed E-state index contributed by atoms with van der Waals surface area (Å²) < 4.78 is 32.1. The average molecular weight is 350 g/mol. The summed E-state index contributed by atoms with van der Waals surface area (Å²) in [5, 5.41) is 0.552. The number of hydrogen-bond acceptors (Lipinski definition) is 5. The zero-order chi connectivity index (χ0) is 17.3. The van der Waals surface area contributed by atoms with Crippen LogP contribution in [0.3, 0.4) is 0 Å². The van der Waals surface area contributed by atoms with Crippen LogP contribution in [0, 0.1) is 0 Å². The van der Waals surface area contributed by atoms with Crippen LogP contribution in [0.25, 0.3) is 11.0 Å². The van der Waals surface area contributed by atoms with Crippen LogP contribution in [0.5, 0.6) is 0 Å². The molecule has 0 atom stereocenters. The van der Waals surface area contributed by atoms with Gasteiger partial charge in [-0.3, -0.25) is 4.79 Å². The molecule has 0 unspecified atom stereocenters. The van der Waals surface area contributed by atoms with Crippen molar-refractivity contribution in [2.24, 2.45) is 0 Å². The standard InChI is InChI=1S/C16H18N2O5S/c1-12(19)17-7-2-8-18(10-9-17)24(21,22)14-4-5-15-13(11-14)3-6-16(20)23-15/h3-6,11H,2,7-10H2,1H3. The van der Waals surface area contributed by atoms with Crippen molar-refractivity contribution in [2.75, 3.05) is 26.2 Å². The van der Waals surface area contributed by atoms with E-state index in [1.165, 1.54) is 35.5 Å². The van der Waals surface area contributed by atoms with Crippen molar-refractivity contribution in [1.82, 2.24) is 9.21 Å². The second-order valence-corrected chi connectivity index (χ2v) is 7.66. The molecule has 1 saturated heterocycles. The van der Waals surface area contributed by atoms with E-state index in [-0.39, 0.29) is 17.3 Å². The van der Waals surface area contributed by atoms with Crippen molar-refractivity contribution in [1.29, 1.82) is 0 Å². The summed E-state index contributed by atoms with van der Waals surface area (Å²) in [6.45, 7) is 3.07. The first-order valence-electron chi connectivity index (χ1n) is 7.67. The molecule has 0 aliphatic carbocycles. The van der Waals surface area contributed by atoms with E-state index in [1.807, 2.05) is 0 Å². The van der Waals surface area contributed by atoms with Gasteiger partial charge in [-0.1, -0.05) is 0 Å². The molecule has 2 heterocycles. The Labute approximate surface area is 139 Å². The number of rotatable bonds is 2. The van der Waals surface area contributed by atoms with Gasteiger partial charge in [0, 0.05) is 44.6 Å². The van der Waals surface area contributed by atoms with Gasteiger partial charge in [0.05, 0.1) is 4.90 Å². The second kappa shape index (κ2) is 6.37. The predicted molar refractivity (Wildman–Crippen MR) is 88.1 cm³/mol. The highest BCUT2D eigenvalue weighted by Gasteiger charge is 2.27. The molecule has 0 bridgehead atoms. The van der Waals surface area contributed by atoms with Crippen LogP contribution in [0.4, 0.5) is 0 Å². The fraction of sp³-hybridized carbons (Fsp3) is 0.375. The summed E-state index contributed by atoms with van der Waals surface area (Å²) in [6, 6.07) is 7.23. The number of benzene rings is 1. The lowest BCUT2D eigenvalue weighted by Gasteiger charge is -2.21. The number of hydrogen-bond donors (Lipinski definition) is 0. The Bertz CT molecular complexity index is 935. The molecule has 0 radical (unpaired) electrons. The molecule has 24 heavy (non-hydrogen) atoms. The van der Waals surface area contributed by atoms with Crippen LogP contribution in [-0.2, 0) is 14.8 Å². The van der Waals surface area contributed by atoms with Gasteiger partial charge in [0.1, 0.15) is 5.58 Å². The molecule has 0 spiro atoms. The number of fused-ring (bicyclic) bond motifs is 1. The normalized spacial score (nSPS) is 17.0. The molecule has 0 N–H and O–H groups in total. The molecule has 1 amide bonds. The number of nitrogens with zero attached hydrogens (tertiary/aromatic N) is 2. The highest BCUT2D eigenvalue weighted by atomic mass is 32.2. The molecular weight excluding hydrogens is 332 g/mol. The predicted octanol–water partition coefficient (Wildman–Crippen LogP) is 1.04. The van der Waals surface area contributed by atoms with Gasteiger partial charge in [-0.2, -0.15) is 4.31 Å². The van der Waals surface area contributed by atoms with Gasteiger partial charge in [-0.15, -0.1) is 0 Å². The van der Waals surface area contributed by atoms with Gasteiger partial charge in [-0.25, -0.2) is 13.2 Å². The fourth-order valence-corrected chi connectivity index (χ4v) is 4.31. The highest BCUT2D eigenvalue weighted by molar-refractivity contribution is 7.89. The minimum atomic E-state index is -3.66. The Morgan fingerprint density at radius 3 is 2.62 bits per heavy atom. The summed E-state index contributed by atoms with van der Waals surface area (Å²) in [5.41, 5.74) is -0.130. The molecule has 0 saturated carbocycles. The lowest BCUT2D eigenvalue weighted by Crippen LogP contribution is -2.36. The largest absolute Gasteiger partial charge is 0.423 e. The van der Waals surface area contributed by atoms with Gasteiger partial charge in [-0.05, 0) is 30.7 Å². The maximum atomic E-state index is 12.9. The molecule has 1 aromatic carbocycles. The van der Waals surface area contributed by atoms with Crippen molar-refractivity contribution < 1.29 is 17.6 Å². The molecule has 1 aliphatic heterocycles. The minimum Gasteiger partial charge on any atom is -0.423 e. The van der Waals surface area contributed by atoms with Crippen LogP contribution in [0.1, 0.15) is 13.3 Å².